The van der Waals surface area contributed by atoms with Crippen LogP contribution in [0.2, 0.25) is 0 Å². The van der Waals surface area contributed by atoms with Gasteiger partial charge in [-0.25, -0.2) is 4.98 Å². The number of aromatic nitrogens is 3. The highest BCUT2D eigenvalue weighted by atomic mass is 32.1. The molecule has 0 aliphatic rings. The summed E-state index contributed by atoms with van der Waals surface area (Å²) in [5, 5.41) is 10.5. The Morgan fingerprint density at radius 3 is 2.76 bits per heavy atom. The van der Waals surface area contributed by atoms with Gasteiger partial charge in [-0.2, -0.15) is 4.98 Å². The van der Waals surface area contributed by atoms with Gasteiger partial charge >= 0.3 is 0 Å². The first-order valence-corrected chi connectivity index (χ1v) is 8.00. The van der Waals surface area contributed by atoms with Crippen LogP contribution >= 0.6 is 12.2 Å². The lowest BCUT2D eigenvalue weighted by molar-refractivity contribution is 0.376. The summed E-state index contributed by atoms with van der Waals surface area (Å²) in [6, 6.07) is 11.3. The second-order valence-corrected chi connectivity index (χ2v) is 5.63. The molecule has 2 heterocycles. The minimum atomic E-state index is 0.320. The number of nitrogens with zero attached hydrogens (tertiary/aromatic N) is 3. The third kappa shape index (κ3) is 4.30. The van der Waals surface area contributed by atoms with Gasteiger partial charge in [-0.3, -0.25) is 0 Å². The lowest BCUT2D eigenvalue weighted by Gasteiger charge is -2.09. The maximum atomic E-state index is 5.26. The van der Waals surface area contributed by atoms with Gasteiger partial charge in [-0.05, 0) is 55.0 Å². The molecule has 0 aliphatic carbocycles. The van der Waals surface area contributed by atoms with Crippen LogP contribution in [0.1, 0.15) is 11.5 Å². The maximum absolute atomic E-state index is 5.26. The fraction of sp³-hybridized carbons (Fsp3) is 0.176. The van der Waals surface area contributed by atoms with Crippen molar-refractivity contribution in [3.63, 3.8) is 0 Å². The van der Waals surface area contributed by atoms with Crippen molar-refractivity contribution in [3.05, 3.63) is 54.0 Å². The first-order chi connectivity index (χ1) is 12.2. The third-order valence-electron chi connectivity index (χ3n) is 3.46. The highest BCUT2D eigenvalue weighted by Crippen LogP contribution is 2.19. The van der Waals surface area contributed by atoms with Gasteiger partial charge in [0.1, 0.15) is 11.6 Å². The Morgan fingerprint density at radius 2 is 2.04 bits per heavy atom. The Balaban J connectivity index is 1.58. The molecule has 0 spiro atoms. The van der Waals surface area contributed by atoms with Crippen molar-refractivity contribution in [1.82, 2.24) is 20.4 Å². The van der Waals surface area contributed by atoms with Crippen LogP contribution in [-0.4, -0.2) is 27.3 Å². The van der Waals surface area contributed by atoms with Gasteiger partial charge in [-0.1, -0.05) is 11.2 Å². The van der Waals surface area contributed by atoms with Gasteiger partial charge < -0.3 is 19.9 Å². The molecule has 128 valence electrons. The zero-order valence-electron chi connectivity index (χ0n) is 13.8. The van der Waals surface area contributed by atoms with E-state index in [0.29, 0.717) is 29.2 Å². The highest BCUT2D eigenvalue weighted by Gasteiger charge is 2.09. The second-order valence-electron chi connectivity index (χ2n) is 5.22. The van der Waals surface area contributed by atoms with Crippen molar-refractivity contribution in [2.45, 2.75) is 13.5 Å². The minimum absolute atomic E-state index is 0.320. The first-order valence-electron chi connectivity index (χ1n) is 7.59. The molecule has 0 amide bonds. The number of methoxy groups -OCH3 is 1. The normalized spacial score (nSPS) is 10.3. The number of anilines is 1. The largest absolute Gasteiger partial charge is 0.497 e. The van der Waals surface area contributed by atoms with Crippen LogP contribution in [0.15, 0.2) is 47.1 Å². The molecular formula is C17H17N5O2S. The SMILES string of the molecule is COc1ccc(-c2noc(CNC(=S)Nc3ncccc3C)n2)cc1. The lowest BCUT2D eigenvalue weighted by Crippen LogP contribution is -2.28. The Morgan fingerprint density at radius 1 is 1.24 bits per heavy atom. The summed E-state index contributed by atoms with van der Waals surface area (Å²) in [4.78, 5) is 8.58. The molecule has 7 nitrogen and oxygen atoms in total. The summed E-state index contributed by atoms with van der Waals surface area (Å²) in [5.74, 6) is 2.44. The summed E-state index contributed by atoms with van der Waals surface area (Å²) >= 11 is 5.26. The molecule has 2 N–H and O–H groups in total. The summed E-state index contributed by atoms with van der Waals surface area (Å²) in [5.41, 5.74) is 1.85. The molecule has 25 heavy (non-hydrogen) atoms. The van der Waals surface area contributed by atoms with Crippen molar-refractivity contribution < 1.29 is 9.26 Å². The monoisotopic (exact) mass is 355 g/mol. The van der Waals surface area contributed by atoms with Crippen LogP contribution in [0.5, 0.6) is 5.75 Å². The van der Waals surface area contributed by atoms with Gasteiger partial charge in [0.15, 0.2) is 5.11 Å². The third-order valence-corrected chi connectivity index (χ3v) is 3.70. The quantitative estimate of drug-likeness (QED) is 0.676. The Bertz CT molecular complexity index is 863. The van der Waals surface area contributed by atoms with E-state index in [1.165, 1.54) is 0 Å². The summed E-state index contributed by atoms with van der Waals surface area (Å²) in [6.45, 7) is 2.28. The summed E-state index contributed by atoms with van der Waals surface area (Å²) in [7, 11) is 1.62. The molecule has 0 bridgehead atoms. The topological polar surface area (TPSA) is 85.1 Å². The molecule has 0 radical (unpaired) electrons. The predicted molar refractivity (Wildman–Crippen MR) is 98.3 cm³/mol. The van der Waals surface area contributed by atoms with Crippen LogP contribution in [0.25, 0.3) is 11.4 Å². The van der Waals surface area contributed by atoms with Crippen LogP contribution in [-0.2, 0) is 6.54 Å². The van der Waals surface area contributed by atoms with Crippen LogP contribution in [0.3, 0.4) is 0 Å². The van der Waals surface area contributed by atoms with Gasteiger partial charge in [0.25, 0.3) is 0 Å². The number of thiocarbonyl (C=S) groups is 1. The second kappa shape index (κ2) is 7.71. The van der Waals surface area contributed by atoms with E-state index in [1.807, 2.05) is 43.3 Å². The van der Waals surface area contributed by atoms with Crippen molar-refractivity contribution in [2.75, 3.05) is 12.4 Å². The smallest absolute Gasteiger partial charge is 0.246 e. The van der Waals surface area contributed by atoms with Gasteiger partial charge in [-0.15, -0.1) is 0 Å². The molecule has 3 aromatic rings. The van der Waals surface area contributed by atoms with Gasteiger partial charge in [0, 0.05) is 11.8 Å². The van der Waals surface area contributed by atoms with Crippen LogP contribution < -0.4 is 15.4 Å². The standard InChI is InChI=1S/C17H17N5O2S/c1-11-4-3-9-18-15(11)21-17(25)19-10-14-20-16(22-24-14)12-5-7-13(23-2)8-6-12/h3-9H,10H2,1-2H3,(H2,18,19,21,25). The van der Waals surface area contributed by atoms with E-state index in [2.05, 4.69) is 25.8 Å². The van der Waals surface area contributed by atoms with Crippen molar-refractivity contribution in [2.24, 2.45) is 0 Å². The number of rotatable bonds is 5. The molecule has 2 aromatic heterocycles. The predicted octanol–water partition coefficient (Wildman–Crippen LogP) is 2.94. The van der Waals surface area contributed by atoms with E-state index in [0.717, 1.165) is 16.9 Å². The fourth-order valence-corrected chi connectivity index (χ4v) is 2.28. The molecule has 0 saturated heterocycles. The lowest BCUT2D eigenvalue weighted by atomic mass is 10.2. The Kier molecular flexibility index (Phi) is 5.20. The van der Waals surface area contributed by atoms with Crippen molar-refractivity contribution in [3.8, 4) is 17.1 Å². The average Bonchev–Trinajstić information content (AvgIpc) is 3.11. The van der Waals surface area contributed by atoms with E-state index < -0.39 is 0 Å². The minimum Gasteiger partial charge on any atom is -0.497 e. The van der Waals surface area contributed by atoms with E-state index in [-0.39, 0.29) is 0 Å². The number of aryl methyl sites for hydroxylation is 1. The van der Waals surface area contributed by atoms with Crippen LogP contribution in [0.4, 0.5) is 5.82 Å². The number of benzene rings is 1. The number of hydrogen-bond donors (Lipinski definition) is 2. The van der Waals surface area contributed by atoms with Gasteiger partial charge in [0.2, 0.25) is 11.7 Å². The van der Waals surface area contributed by atoms with Crippen LogP contribution in [0, 0.1) is 6.92 Å². The molecule has 1 aromatic carbocycles. The first kappa shape index (κ1) is 16.8. The van der Waals surface area contributed by atoms with Crippen molar-refractivity contribution in [1.29, 1.82) is 0 Å². The van der Waals surface area contributed by atoms with Crippen molar-refractivity contribution >= 4 is 23.1 Å². The number of nitrogens with one attached hydrogen (secondary N) is 2. The maximum Gasteiger partial charge on any atom is 0.246 e. The molecule has 0 atom stereocenters. The molecule has 3 rings (SSSR count). The number of pyridine rings is 1. The van der Waals surface area contributed by atoms with Gasteiger partial charge in [0.05, 0.1) is 13.7 Å². The average molecular weight is 355 g/mol. The zero-order chi connectivity index (χ0) is 17.6. The fourth-order valence-electron chi connectivity index (χ4n) is 2.11. The molecule has 0 fully saturated rings. The highest BCUT2D eigenvalue weighted by molar-refractivity contribution is 7.80. The zero-order valence-corrected chi connectivity index (χ0v) is 14.6. The molecule has 0 unspecified atom stereocenters. The Hall–Kier alpha value is -3.00. The molecule has 0 saturated carbocycles. The number of hydrogen-bond acceptors (Lipinski definition) is 6. The molecule has 8 heteroatoms. The molecule has 0 aliphatic heterocycles. The number of ether oxygens (including phenoxy) is 1. The summed E-state index contributed by atoms with van der Waals surface area (Å²) < 4.78 is 10.4. The van der Waals surface area contributed by atoms with E-state index in [9.17, 15) is 0 Å². The summed E-state index contributed by atoms with van der Waals surface area (Å²) in [6.07, 6.45) is 1.71. The molecular weight excluding hydrogens is 338 g/mol. The Labute approximate surface area is 150 Å². The van der Waals surface area contributed by atoms with E-state index >= 15 is 0 Å². The van der Waals surface area contributed by atoms with E-state index in [4.69, 9.17) is 21.5 Å². The van der Waals surface area contributed by atoms with E-state index in [1.54, 1.807) is 13.3 Å².